The predicted octanol–water partition coefficient (Wildman–Crippen LogP) is 2.22. The first-order valence-electron chi connectivity index (χ1n) is 6.28. The number of rotatable bonds is 3. The van der Waals surface area contributed by atoms with Gasteiger partial charge in [0, 0.05) is 19.3 Å². The summed E-state index contributed by atoms with van der Waals surface area (Å²) in [5.74, 6) is 0.555. The molecule has 0 aliphatic carbocycles. The van der Waals surface area contributed by atoms with E-state index in [0.29, 0.717) is 6.54 Å². The standard InChI is InChI=1S/C14H15FN4/c1-16-14-8-17-12(7-18-14)9-19-5-4-10-2-3-11(15)6-13(10)19/h2-3,6-8H,4-5,9H2,1H3,(H,16,18). The van der Waals surface area contributed by atoms with Gasteiger partial charge in [-0.3, -0.25) is 4.98 Å². The lowest BCUT2D eigenvalue weighted by Crippen LogP contribution is -2.20. The third kappa shape index (κ3) is 2.36. The van der Waals surface area contributed by atoms with Crippen molar-refractivity contribution in [3.63, 3.8) is 0 Å². The van der Waals surface area contributed by atoms with Crippen LogP contribution in [0.2, 0.25) is 0 Å². The first-order chi connectivity index (χ1) is 9.26. The van der Waals surface area contributed by atoms with Crippen molar-refractivity contribution in [1.82, 2.24) is 9.97 Å². The van der Waals surface area contributed by atoms with Crippen molar-refractivity contribution < 1.29 is 4.39 Å². The van der Waals surface area contributed by atoms with Crippen LogP contribution in [0.15, 0.2) is 30.6 Å². The van der Waals surface area contributed by atoms with Gasteiger partial charge in [-0.2, -0.15) is 0 Å². The minimum Gasteiger partial charge on any atom is -0.372 e. The second-order valence-electron chi connectivity index (χ2n) is 4.59. The maximum Gasteiger partial charge on any atom is 0.144 e. The van der Waals surface area contributed by atoms with Crippen molar-refractivity contribution >= 4 is 11.5 Å². The zero-order valence-corrected chi connectivity index (χ0v) is 10.7. The molecule has 19 heavy (non-hydrogen) atoms. The third-order valence-electron chi connectivity index (χ3n) is 3.35. The van der Waals surface area contributed by atoms with Gasteiger partial charge >= 0.3 is 0 Å². The summed E-state index contributed by atoms with van der Waals surface area (Å²) in [7, 11) is 1.81. The Morgan fingerprint density at radius 1 is 1.32 bits per heavy atom. The van der Waals surface area contributed by atoms with Gasteiger partial charge in [-0.1, -0.05) is 6.07 Å². The van der Waals surface area contributed by atoms with Gasteiger partial charge in [0.05, 0.1) is 24.6 Å². The molecule has 0 saturated carbocycles. The van der Waals surface area contributed by atoms with Gasteiger partial charge in [0.15, 0.2) is 0 Å². The molecule has 1 aliphatic rings. The Bertz CT molecular complexity index is 582. The zero-order valence-electron chi connectivity index (χ0n) is 10.7. The minimum absolute atomic E-state index is 0.192. The summed E-state index contributed by atoms with van der Waals surface area (Å²) in [6.45, 7) is 1.56. The Labute approximate surface area is 111 Å². The largest absolute Gasteiger partial charge is 0.372 e. The van der Waals surface area contributed by atoms with E-state index in [9.17, 15) is 4.39 Å². The van der Waals surface area contributed by atoms with Gasteiger partial charge in [-0.25, -0.2) is 9.37 Å². The molecule has 5 heteroatoms. The number of aromatic nitrogens is 2. The molecule has 0 radical (unpaired) electrons. The minimum atomic E-state index is -0.192. The van der Waals surface area contributed by atoms with Crippen LogP contribution in [0, 0.1) is 5.82 Å². The normalized spacial score (nSPS) is 13.5. The summed E-state index contributed by atoms with van der Waals surface area (Å²) in [6, 6.07) is 4.97. The first-order valence-corrected chi connectivity index (χ1v) is 6.28. The van der Waals surface area contributed by atoms with Gasteiger partial charge in [0.25, 0.3) is 0 Å². The highest BCUT2D eigenvalue weighted by Gasteiger charge is 2.20. The molecule has 3 rings (SSSR count). The summed E-state index contributed by atoms with van der Waals surface area (Å²) in [4.78, 5) is 10.7. The Morgan fingerprint density at radius 2 is 2.21 bits per heavy atom. The van der Waals surface area contributed by atoms with E-state index in [4.69, 9.17) is 0 Å². The first kappa shape index (κ1) is 11.9. The third-order valence-corrected chi connectivity index (χ3v) is 3.35. The van der Waals surface area contributed by atoms with E-state index in [0.717, 1.165) is 30.2 Å². The Balaban J connectivity index is 1.80. The topological polar surface area (TPSA) is 41.1 Å². The van der Waals surface area contributed by atoms with E-state index in [1.165, 1.54) is 11.6 Å². The fourth-order valence-electron chi connectivity index (χ4n) is 2.34. The van der Waals surface area contributed by atoms with Crippen molar-refractivity contribution in [3.05, 3.63) is 47.7 Å². The molecular formula is C14H15FN4. The SMILES string of the molecule is CNc1cnc(CN2CCc3ccc(F)cc32)cn1. The second-order valence-corrected chi connectivity index (χ2v) is 4.59. The van der Waals surface area contributed by atoms with Crippen LogP contribution in [0.4, 0.5) is 15.9 Å². The van der Waals surface area contributed by atoms with Crippen LogP contribution in [-0.2, 0) is 13.0 Å². The van der Waals surface area contributed by atoms with Crippen molar-refractivity contribution in [1.29, 1.82) is 0 Å². The molecule has 2 heterocycles. The van der Waals surface area contributed by atoms with Crippen LogP contribution in [0.1, 0.15) is 11.3 Å². The molecule has 0 amide bonds. The van der Waals surface area contributed by atoms with Crippen LogP contribution in [0.5, 0.6) is 0 Å². The average Bonchev–Trinajstić information content (AvgIpc) is 2.82. The molecule has 0 unspecified atom stereocenters. The number of fused-ring (bicyclic) bond motifs is 1. The Morgan fingerprint density at radius 3 is 2.95 bits per heavy atom. The maximum absolute atomic E-state index is 13.3. The number of halogens is 1. The van der Waals surface area contributed by atoms with Crippen molar-refractivity contribution in [2.75, 3.05) is 23.8 Å². The number of hydrogen-bond donors (Lipinski definition) is 1. The molecule has 2 aromatic rings. The van der Waals surface area contributed by atoms with Crippen LogP contribution in [0.3, 0.4) is 0 Å². The number of nitrogens with zero attached hydrogens (tertiary/aromatic N) is 3. The highest BCUT2D eigenvalue weighted by atomic mass is 19.1. The van der Waals surface area contributed by atoms with E-state index in [1.54, 1.807) is 18.5 Å². The van der Waals surface area contributed by atoms with Crippen LogP contribution in [-0.4, -0.2) is 23.6 Å². The van der Waals surface area contributed by atoms with E-state index >= 15 is 0 Å². The van der Waals surface area contributed by atoms with E-state index in [-0.39, 0.29) is 5.82 Å². The lowest BCUT2D eigenvalue weighted by Gasteiger charge is -2.18. The van der Waals surface area contributed by atoms with Gasteiger partial charge in [-0.05, 0) is 24.1 Å². The molecular weight excluding hydrogens is 243 g/mol. The monoisotopic (exact) mass is 258 g/mol. The number of nitrogens with one attached hydrogen (secondary N) is 1. The lowest BCUT2D eigenvalue weighted by atomic mass is 10.2. The summed E-state index contributed by atoms with van der Waals surface area (Å²) in [6.07, 6.45) is 4.42. The number of benzene rings is 1. The molecule has 1 aliphatic heterocycles. The molecule has 1 aromatic heterocycles. The molecule has 98 valence electrons. The van der Waals surface area contributed by atoms with Crippen LogP contribution >= 0.6 is 0 Å². The molecule has 0 bridgehead atoms. The highest BCUT2D eigenvalue weighted by Crippen LogP contribution is 2.29. The molecule has 0 fully saturated rings. The Kier molecular flexibility index (Phi) is 3.03. The molecule has 0 saturated heterocycles. The smallest absolute Gasteiger partial charge is 0.144 e. The summed E-state index contributed by atoms with van der Waals surface area (Å²) in [5, 5.41) is 2.93. The van der Waals surface area contributed by atoms with Gasteiger partial charge < -0.3 is 10.2 Å². The molecule has 4 nitrogen and oxygen atoms in total. The molecule has 0 spiro atoms. The fraction of sp³-hybridized carbons (Fsp3) is 0.286. The quantitative estimate of drug-likeness (QED) is 0.916. The zero-order chi connectivity index (χ0) is 13.2. The van der Waals surface area contributed by atoms with E-state index in [1.807, 2.05) is 13.1 Å². The summed E-state index contributed by atoms with van der Waals surface area (Å²) in [5.41, 5.74) is 3.05. The summed E-state index contributed by atoms with van der Waals surface area (Å²) < 4.78 is 13.3. The second kappa shape index (κ2) is 4.84. The van der Waals surface area contributed by atoms with Crippen molar-refractivity contribution in [3.8, 4) is 0 Å². The predicted molar refractivity (Wildman–Crippen MR) is 72.7 cm³/mol. The molecule has 1 N–H and O–H groups in total. The summed E-state index contributed by atoms with van der Waals surface area (Å²) >= 11 is 0. The van der Waals surface area contributed by atoms with E-state index in [2.05, 4.69) is 20.2 Å². The fourth-order valence-corrected chi connectivity index (χ4v) is 2.34. The van der Waals surface area contributed by atoms with Crippen LogP contribution in [0.25, 0.3) is 0 Å². The molecule has 1 aromatic carbocycles. The van der Waals surface area contributed by atoms with Crippen molar-refractivity contribution in [2.24, 2.45) is 0 Å². The average molecular weight is 258 g/mol. The van der Waals surface area contributed by atoms with Gasteiger partial charge in [0.1, 0.15) is 11.6 Å². The lowest BCUT2D eigenvalue weighted by molar-refractivity contribution is 0.627. The van der Waals surface area contributed by atoms with Gasteiger partial charge in [-0.15, -0.1) is 0 Å². The highest BCUT2D eigenvalue weighted by molar-refractivity contribution is 5.58. The number of hydrogen-bond acceptors (Lipinski definition) is 4. The van der Waals surface area contributed by atoms with Crippen LogP contribution < -0.4 is 10.2 Å². The molecule has 0 atom stereocenters. The Hall–Kier alpha value is -2.17. The van der Waals surface area contributed by atoms with E-state index < -0.39 is 0 Å². The van der Waals surface area contributed by atoms with Crippen molar-refractivity contribution in [2.45, 2.75) is 13.0 Å². The van der Waals surface area contributed by atoms with Gasteiger partial charge in [0.2, 0.25) is 0 Å². The maximum atomic E-state index is 13.3. The number of anilines is 2.